The Hall–Kier alpha value is -1.69. The van der Waals surface area contributed by atoms with Gasteiger partial charge in [-0.2, -0.15) is 0 Å². The molecule has 0 spiro atoms. The third-order valence-electron chi connectivity index (χ3n) is 3.19. The average molecular weight is 253 g/mol. The topological polar surface area (TPSA) is 77.2 Å². The van der Waals surface area contributed by atoms with Crippen LogP contribution in [-0.2, 0) is 4.74 Å². The molecule has 1 saturated heterocycles. The van der Waals surface area contributed by atoms with Crippen molar-refractivity contribution < 1.29 is 13.9 Å². The molecule has 98 valence electrons. The standard InChI is InChI=1S/C12H16FN3O2/c1-7(8-3-5-18-6-8)16-12(17)9-2-4-15-11(14)10(9)13/h2,4,7-8H,3,5-6H2,1H3,(H2,14,15)(H,16,17). The quantitative estimate of drug-likeness (QED) is 0.841. The highest BCUT2D eigenvalue weighted by Crippen LogP contribution is 2.17. The van der Waals surface area contributed by atoms with Crippen molar-refractivity contribution in [3.8, 4) is 0 Å². The molecule has 18 heavy (non-hydrogen) atoms. The monoisotopic (exact) mass is 253 g/mol. The second-order valence-corrected chi connectivity index (χ2v) is 4.44. The lowest BCUT2D eigenvalue weighted by molar-refractivity contribution is 0.0918. The molecule has 1 aromatic rings. The van der Waals surface area contributed by atoms with Gasteiger partial charge in [0.05, 0.1) is 12.2 Å². The molecular formula is C12H16FN3O2. The molecule has 0 aliphatic carbocycles. The van der Waals surface area contributed by atoms with Crippen molar-refractivity contribution in [2.75, 3.05) is 18.9 Å². The summed E-state index contributed by atoms with van der Waals surface area (Å²) in [5.74, 6) is -1.23. The molecule has 1 aromatic heterocycles. The number of ether oxygens (including phenoxy) is 1. The number of pyridine rings is 1. The van der Waals surface area contributed by atoms with Gasteiger partial charge in [0.2, 0.25) is 0 Å². The Labute approximate surface area is 105 Å². The summed E-state index contributed by atoms with van der Waals surface area (Å²) >= 11 is 0. The largest absolute Gasteiger partial charge is 0.381 e. The average Bonchev–Trinajstić information content (AvgIpc) is 2.86. The molecule has 0 radical (unpaired) electrons. The number of nitrogens with two attached hydrogens (primary N) is 1. The van der Waals surface area contributed by atoms with Crippen LogP contribution in [0.5, 0.6) is 0 Å². The minimum absolute atomic E-state index is 0.0613. The van der Waals surface area contributed by atoms with Crippen LogP contribution in [0.1, 0.15) is 23.7 Å². The van der Waals surface area contributed by atoms with Gasteiger partial charge in [0, 0.05) is 24.8 Å². The molecule has 3 N–H and O–H groups in total. The number of aromatic nitrogens is 1. The third kappa shape index (κ3) is 2.59. The first kappa shape index (κ1) is 12.8. The molecule has 5 nitrogen and oxygen atoms in total. The molecule has 2 rings (SSSR count). The normalized spacial score (nSPS) is 20.7. The summed E-state index contributed by atoms with van der Waals surface area (Å²) in [7, 11) is 0. The number of carbonyl (C=O) groups excluding carboxylic acids is 1. The molecule has 0 saturated carbocycles. The first-order valence-corrected chi connectivity index (χ1v) is 5.88. The van der Waals surface area contributed by atoms with Crippen molar-refractivity contribution >= 4 is 11.7 Å². The molecule has 1 amide bonds. The maximum Gasteiger partial charge on any atom is 0.254 e. The van der Waals surface area contributed by atoms with Gasteiger partial charge in [-0.15, -0.1) is 0 Å². The van der Waals surface area contributed by atoms with Crippen molar-refractivity contribution in [3.63, 3.8) is 0 Å². The Morgan fingerprint density at radius 3 is 3.17 bits per heavy atom. The zero-order chi connectivity index (χ0) is 13.1. The smallest absolute Gasteiger partial charge is 0.254 e. The second-order valence-electron chi connectivity index (χ2n) is 4.44. The molecule has 0 bridgehead atoms. The van der Waals surface area contributed by atoms with E-state index in [1.807, 2.05) is 6.92 Å². The van der Waals surface area contributed by atoms with Gasteiger partial charge in [0.1, 0.15) is 0 Å². The molecule has 1 aliphatic heterocycles. The van der Waals surface area contributed by atoms with E-state index in [2.05, 4.69) is 10.3 Å². The predicted molar refractivity (Wildman–Crippen MR) is 64.5 cm³/mol. The highest BCUT2D eigenvalue weighted by atomic mass is 19.1. The number of carbonyl (C=O) groups is 1. The molecule has 2 atom stereocenters. The molecule has 1 fully saturated rings. The van der Waals surface area contributed by atoms with Gasteiger partial charge >= 0.3 is 0 Å². The lowest BCUT2D eigenvalue weighted by Crippen LogP contribution is -2.38. The van der Waals surface area contributed by atoms with Gasteiger partial charge in [-0.1, -0.05) is 0 Å². The van der Waals surface area contributed by atoms with E-state index in [0.717, 1.165) is 6.42 Å². The van der Waals surface area contributed by atoms with Gasteiger partial charge in [-0.05, 0) is 19.4 Å². The number of hydrogen-bond donors (Lipinski definition) is 2. The summed E-state index contributed by atoms with van der Waals surface area (Å²) in [5, 5.41) is 2.76. The molecule has 0 aromatic carbocycles. The van der Waals surface area contributed by atoms with Gasteiger partial charge in [-0.3, -0.25) is 4.79 Å². The highest BCUT2D eigenvalue weighted by molar-refractivity contribution is 5.95. The Morgan fingerprint density at radius 1 is 1.72 bits per heavy atom. The van der Waals surface area contributed by atoms with E-state index in [9.17, 15) is 9.18 Å². The Bertz CT molecular complexity index is 447. The van der Waals surface area contributed by atoms with Crippen LogP contribution in [-0.4, -0.2) is 30.1 Å². The van der Waals surface area contributed by atoms with E-state index >= 15 is 0 Å². The summed E-state index contributed by atoms with van der Waals surface area (Å²) in [5.41, 5.74) is 5.25. The number of amides is 1. The molecular weight excluding hydrogens is 237 g/mol. The second kappa shape index (κ2) is 5.30. The van der Waals surface area contributed by atoms with Crippen LogP contribution < -0.4 is 11.1 Å². The van der Waals surface area contributed by atoms with E-state index in [1.165, 1.54) is 12.3 Å². The van der Waals surface area contributed by atoms with Crippen LogP contribution in [0.2, 0.25) is 0 Å². The van der Waals surface area contributed by atoms with Gasteiger partial charge < -0.3 is 15.8 Å². The molecule has 1 aliphatic rings. The van der Waals surface area contributed by atoms with Crippen molar-refractivity contribution in [3.05, 3.63) is 23.6 Å². The fourth-order valence-electron chi connectivity index (χ4n) is 1.98. The zero-order valence-corrected chi connectivity index (χ0v) is 10.1. The summed E-state index contributed by atoms with van der Waals surface area (Å²) in [4.78, 5) is 15.5. The first-order chi connectivity index (χ1) is 8.59. The number of hydrogen-bond acceptors (Lipinski definition) is 4. The lowest BCUT2D eigenvalue weighted by Gasteiger charge is -2.19. The minimum atomic E-state index is -0.773. The van der Waals surface area contributed by atoms with E-state index in [0.29, 0.717) is 13.2 Å². The van der Waals surface area contributed by atoms with Gasteiger partial charge in [-0.25, -0.2) is 9.37 Å². The number of nitrogens with zero attached hydrogens (tertiary/aromatic N) is 1. The highest BCUT2D eigenvalue weighted by Gasteiger charge is 2.25. The van der Waals surface area contributed by atoms with Crippen LogP contribution in [0.25, 0.3) is 0 Å². The Kier molecular flexibility index (Phi) is 3.76. The van der Waals surface area contributed by atoms with Crippen LogP contribution in [0.4, 0.5) is 10.2 Å². The summed E-state index contributed by atoms with van der Waals surface area (Å²) in [6.45, 7) is 3.23. The minimum Gasteiger partial charge on any atom is -0.381 e. The van der Waals surface area contributed by atoms with Crippen molar-refractivity contribution in [2.24, 2.45) is 5.92 Å². The van der Waals surface area contributed by atoms with Gasteiger partial charge in [0.15, 0.2) is 11.6 Å². The van der Waals surface area contributed by atoms with E-state index in [-0.39, 0.29) is 23.3 Å². The third-order valence-corrected chi connectivity index (χ3v) is 3.19. The lowest BCUT2D eigenvalue weighted by atomic mass is 10.0. The summed E-state index contributed by atoms with van der Waals surface area (Å²) in [6.07, 6.45) is 2.22. The number of nitrogens with one attached hydrogen (secondary N) is 1. The van der Waals surface area contributed by atoms with Crippen LogP contribution in [0, 0.1) is 11.7 Å². The van der Waals surface area contributed by atoms with Crippen molar-refractivity contribution in [1.29, 1.82) is 0 Å². The summed E-state index contributed by atoms with van der Waals surface area (Å²) < 4.78 is 18.9. The van der Waals surface area contributed by atoms with E-state index < -0.39 is 11.7 Å². The number of nitrogen functional groups attached to an aromatic ring is 1. The Morgan fingerprint density at radius 2 is 2.50 bits per heavy atom. The van der Waals surface area contributed by atoms with Crippen molar-refractivity contribution in [2.45, 2.75) is 19.4 Å². The van der Waals surface area contributed by atoms with Crippen LogP contribution in [0.3, 0.4) is 0 Å². The van der Waals surface area contributed by atoms with E-state index in [4.69, 9.17) is 10.5 Å². The fraction of sp³-hybridized carbons (Fsp3) is 0.500. The fourth-order valence-corrected chi connectivity index (χ4v) is 1.98. The predicted octanol–water partition coefficient (Wildman–Crippen LogP) is 0.958. The maximum absolute atomic E-state index is 13.6. The number of rotatable bonds is 3. The number of halogens is 1. The molecule has 2 heterocycles. The zero-order valence-electron chi connectivity index (χ0n) is 10.1. The molecule has 6 heteroatoms. The summed E-state index contributed by atoms with van der Waals surface area (Å²) in [6, 6.07) is 1.26. The van der Waals surface area contributed by atoms with Gasteiger partial charge in [0.25, 0.3) is 5.91 Å². The Balaban J connectivity index is 2.05. The molecule has 2 unspecified atom stereocenters. The van der Waals surface area contributed by atoms with Crippen LogP contribution >= 0.6 is 0 Å². The number of anilines is 1. The SMILES string of the molecule is CC(NC(=O)c1ccnc(N)c1F)C1CCOC1. The maximum atomic E-state index is 13.6. The van der Waals surface area contributed by atoms with Crippen molar-refractivity contribution in [1.82, 2.24) is 10.3 Å². The van der Waals surface area contributed by atoms with E-state index in [1.54, 1.807) is 0 Å². The van der Waals surface area contributed by atoms with Crippen LogP contribution in [0.15, 0.2) is 12.3 Å². The first-order valence-electron chi connectivity index (χ1n) is 5.88.